The molecular weight excluding hydrogens is 418 g/mol. The van der Waals surface area contributed by atoms with Crippen LogP contribution in [0.15, 0.2) is 18.2 Å². The summed E-state index contributed by atoms with van der Waals surface area (Å²) in [5.74, 6) is -6.07. The van der Waals surface area contributed by atoms with Crippen LogP contribution in [0.2, 0.25) is 0 Å². The summed E-state index contributed by atoms with van der Waals surface area (Å²) in [6.45, 7) is 3.79. The minimum atomic E-state index is -4.74. The third-order valence-electron chi connectivity index (χ3n) is 3.76. The van der Waals surface area contributed by atoms with Crippen LogP contribution in [0.25, 0.3) is 0 Å². The van der Waals surface area contributed by atoms with Crippen molar-refractivity contribution in [2.24, 2.45) is 0 Å². The van der Waals surface area contributed by atoms with Crippen LogP contribution < -0.4 is 5.32 Å². The molecule has 0 bridgehead atoms. The Labute approximate surface area is 167 Å². The number of hydrogen-bond acceptors (Lipinski definition) is 5. The highest BCUT2D eigenvalue weighted by atomic mass is 19.4. The molecule has 1 heterocycles. The number of hydrogen-bond donors (Lipinski definition) is 3. The van der Waals surface area contributed by atoms with Gasteiger partial charge in [0, 0.05) is 6.04 Å². The van der Waals surface area contributed by atoms with E-state index in [0.29, 0.717) is 12.5 Å². The standard InChI is InChI=1S/C13H11F4NO5.C5H8O2/c14-9-4-7(13(15,16)17)2-1-6(9)3-8(5-10(19)20)18-11(21)12(22)23;1-5(2)3-4(6)7-5/h1-2,4,8H,3,5H2,(H,18,21)(H,19,20)(H,22,23);3H2,1-2H3/t8-;/m1./s1. The van der Waals surface area contributed by atoms with Gasteiger partial charge in [-0.3, -0.25) is 14.4 Å². The van der Waals surface area contributed by atoms with Crippen molar-refractivity contribution in [1.82, 2.24) is 5.32 Å². The van der Waals surface area contributed by atoms with E-state index >= 15 is 0 Å². The number of benzene rings is 1. The van der Waals surface area contributed by atoms with Gasteiger partial charge in [-0.15, -0.1) is 0 Å². The zero-order chi connectivity index (χ0) is 23.3. The molecule has 12 heteroatoms. The Morgan fingerprint density at radius 2 is 1.80 bits per heavy atom. The van der Waals surface area contributed by atoms with Gasteiger partial charge in [0.15, 0.2) is 0 Å². The maximum Gasteiger partial charge on any atom is 0.416 e. The van der Waals surface area contributed by atoms with E-state index in [0.717, 1.165) is 6.07 Å². The van der Waals surface area contributed by atoms with Crippen LogP contribution in [0.4, 0.5) is 17.6 Å². The second-order valence-electron chi connectivity index (χ2n) is 6.99. The Hall–Kier alpha value is -3.18. The molecule has 30 heavy (non-hydrogen) atoms. The van der Waals surface area contributed by atoms with E-state index in [1.165, 1.54) is 0 Å². The van der Waals surface area contributed by atoms with Gasteiger partial charge in [-0.1, -0.05) is 6.07 Å². The van der Waals surface area contributed by atoms with Crippen molar-refractivity contribution in [3.63, 3.8) is 0 Å². The summed E-state index contributed by atoms with van der Waals surface area (Å²) in [5.41, 5.74) is -1.66. The lowest BCUT2D eigenvalue weighted by Gasteiger charge is -2.32. The lowest BCUT2D eigenvalue weighted by Crippen LogP contribution is -2.41. The van der Waals surface area contributed by atoms with Crippen LogP contribution >= 0.6 is 0 Å². The van der Waals surface area contributed by atoms with Crippen molar-refractivity contribution in [3.8, 4) is 0 Å². The molecule has 0 aromatic heterocycles. The molecule has 1 amide bonds. The fourth-order valence-electron chi connectivity index (χ4n) is 2.43. The third kappa shape index (κ3) is 8.05. The number of carboxylic acid groups (broad SMARTS) is 2. The SMILES string of the molecule is CC1(C)CC(=O)O1.O=C(O)C[C@@H](Cc1ccc(C(F)(F)F)cc1F)NC(=O)C(=O)O. The Morgan fingerprint density at radius 3 is 2.13 bits per heavy atom. The molecule has 3 N–H and O–H groups in total. The van der Waals surface area contributed by atoms with E-state index in [1.807, 2.05) is 19.2 Å². The maximum atomic E-state index is 13.7. The first-order valence-electron chi connectivity index (χ1n) is 8.44. The van der Waals surface area contributed by atoms with Gasteiger partial charge in [-0.2, -0.15) is 13.2 Å². The summed E-state index contributed by atoms with van der Waals surface area (Å²) in [6, 6.07) is 0.365. The van der Waals surface area contributed by atoms with E-state index < -0.39 is 54.3 Å². The first kappa shape index (κ1) is 24.9. The van der Waals surface area contributed by atoms with Crippen molar-refractivity contribution in [2.45, 2.75) is 50.9 Å². The van der Waals surface area contributed by atoms with E-state index in [4.69, 9.17) is 10.2 Å². The quantitative estimate of drug-likeness (QED) is 0.366. The van der Waals surface area contributed by atoms with Crippen molar-refractivity contribution in [3.05, 3.63) is 35.1 Å². The fraction of sp³-hybridized carbons (Fsp3) is 0.444. The van der Waals surface area contributed by atoms with Crippen LogP contribution in [0.1, 0.15) is 37.8 Å². The Balaban J connectivity index is 0.000000539. The van der Waals surface area contributed by atoms with Gasteiger partial charge in [-0.25, -0.2) is 9.18 Å². The molecule has 1 aromatic carbocycles. The normalized spacial score (nSPS) is 15.6. The van der Waals surface area contributed by atoms with Crippen molar-refractivity contribution >= 4 is 23.8 Å². The van der Waals surface area contributed by atoms with Crippen LogP contribution in [0, 0.1) is 5.82 Å². The van der Waals surface area contributed by atoms with Crippen molar-refractivity contribution < 1.29 is 51.7 Å². The molecule has 1 aromatic rings. The first-order chi connectivity index (χ1) is 13.6. The summed E-state index contributed by atoms with van der Waals surface area (Å²) in [5, 5.41) is 19.0. The highest BCUT2D eigenvalue weighted by molar-refractivity contribution is 6.31. The molecule has 1 aliphatic heterocycles. The van der Waals surface area contributed by atoms with Crippen molar-refractivity contribution in [1.29, 1.82) is 0 Å². The van der Waals surface area contributed by atoms with E-state index in [1.54, 1.807) is 0 Å². The van der Waals surface area contributed by atoms with E-state index in [-0.39, 0.29) is 23.2 Å². The highest BCUT2D eigenvalue weighted by Gasteiger charge is 2.36. The molecule has 0 saturated carbocycles. The van der Waals surface area contributed by atoms with E-state index in [2.05, 4.69) is 4.74 Å². The van der Waals surface area contributed by atoms with Gasteiger partial charge in [0.2, 0.25) is 0 Å². The molecule has 0 unspecified atom stereocenters. The van der Waals surface area contributed by atoms with E-state index in [9.17, 15) is 36.7 Å². The van der Waals surface area contributed by atoms with Gasteiger partial charge < -0.3 is 20.3 Å². The van der Waals surface area contributed by atoms with Crippen LogP contribution in [0.3, 0.4) is 0 Å². The van der Waals surface area contributed by atoms with Crippen LogP contribution in [0.5, 0.6) is 0 Å². The highest BCUT2D eigenvalue weighted by Crippen LogP contribution is 2.30. The maximum absolute atomic E-state index is 13.7. The molecule has 1 atom stereocenters. The number of carboxylic acids is 2. The number of halogens is 4. The molecule has 1 saturated heterocycles. The number of aliphatic carboxylic acids is 2. The number of carbonyl (C=O) groups is 4. The molecule has 1 aliphatic rings. The minimum Gasteiger partial charge on any atom is -0.481 e. The average molecular weight is 437 g/mol. The minimum absolute atomic E-state index is 0.0787. The molecule has 2 rings (SSSR count). The second-order valence-corrected chi connectivity index (χ2v) is 6.99. The number of cyclic esters (lactones) is 1. The summed E-state index contributed by atoms with van der Waals surface area (Å²) < 4.78 is 55.7. The fourth-order valence-corrected chi connectivity index (χ4v) is 2.43. The average Bonchev–Trinajstić information content (AvgIpc) is 2.53. The first-order valence-corrected chi connectivity index (χ1v) is 8.44. The molecule has 1 fully saturated rings. The van der Waals surface area contributed by atoms with Crippen LogP contribution in [-0.2, 0) is 36.5 Å². The molecule has 0 spiro atoms. The molecule has 8 nitrogen and oxygen atoms in total. The topological polar surface area (TPSA) is 130 Å². The van der Waals surface area contributed by atoms with Crippen molar-refractivity contribution in [2.75, 3.05) is 0 Å². The predicted octanol–water partition coefficient (Wildman–Crippen LogP) is 2.14. The Morgan fingerprint density at radius 1 is 1.23 bits per heavy atom. The van der Waals surface area contributed by atoms with Gasteiger partial charge in [0.1, 0.15) is 11.4 Å². The molecule has 0 aliphatic carbocycles. The smallest absolute Gasteiger partial charge is 0.416 e. The zero-order valence-corrected chi connectivity index (χ0v) is 15.9. The van der Waals surface area contributed by atoms with Gasteiger partial charge in [0.25, 0.3) is 0 Å². The summed E-state index contributed by atoms with van der Waals surface area (Å²) in [6.07, 6.45) is -5.36. The lowest BCUT2D eigenvalue weighted by atomic mass is 10.0. The lowest BCUT2D eigenvalue weighted by molar-refractivity contribution is -0.184. The molecule has 166 valence electrons. The Kier molecular flexibility index (Phi) is 7.91. The summed E-state index contributed by atoms with van der Waals surface area (Å²) in [7, 11) is 0. The number of ether oxygens (including phenoxy) is 1. The van der Waals surface area contributed by atoms with Gasteiger partial charge >= 0.3 is 30.0 Å². The van der Waals surface area contributed by atoms with Gasteiger partial charge in [-0.05, 0) is 38.0 Å². The number of rotatable bonds is 5. The number of amides is 1. The third-order valence-corrected chi connectivity index (χ3v) is 3.76. The summed E-state index contributed by atoms with van der Waals surface area (Å²) >= 11 is 0. The van der Waals surface area contributed by atoms with Crippen LogP contribution in [-0.4, -0.2) is 45.7 Å². The monoisotopic (exact) mass is 437 g/mol. The second kappa shape index (κ2) is 9.55. The zero-order valence-electron chi connectivity index (χ0n) is 15.9. The Bertz CT molecular complexity index is 826. The molecular formula is C18H19F4NO7. The predicted molar refractivity (Wildman–Crippen MR) is 91.7 cm³/mol. The number of esters is 1. The summed E-state index contributed by atoms with van der Waals surface area (Å²) in [4.78, 5) is 42.3. The number of nitrogens with one attached hydrogen (secondary N) is 1. The molecule has 0 radical (unpaired) electrons. The van der Waals surface area contributed by atoms with Gasteiger partial charge in [0.05, 0.1) is 18.4 Å². The number of carbonyl (C=O) groups excluding carboxylic acids is 2. The largest absolute Gasteiger partial charge is 0.481 e. The number of alkyl halides is 3.